The molecule has 26 heavy (non-hydrogen) atoms. The van der Waals surface area contributed by atoms with Gasteiger partial charge in [-0.2, -0.15) is 0 Å². The van der Waals surface area contributed by atoms with Crippen LogP contribution in [0.5, 0.6) is 0 Å². The van der Waals surface area contributed by atoms with E-state index in [0.717, 1.165) is 11.1 Å². The zero-order valence-electron chi connectivity index (χ0n) is 13.8. The Labute approximate surface area is 149 Å². The molecule has 2 heterocycles. The molecule has 1 aliphatic rings. The van der Waals surface area contributed by atoms with Gasteiger partial charge in [0.2, 0.25) is 11.8 Å². The Morgan fingerprint density at radius 1 is 1.04 bits per heavy atom. The van der Waals surface area contributed by atoms with Crippen molar-refractivity contribution in [1.29, 1.82) is 0 Å². The van der Waals surface area contributed by atoms with Crippen molar-refractivity contribution < 1.29 is 14.0 Å². The molecule has 0 bridgehead atoms. The minimum absolute atomic E-state index is 0.0587. The average molecular weight is 348 g/mol. The summed E-state index contributed by atoms with van der Waals surface area (Å²) in [5.74, 6) is -0.669. The largest absolute Gasteiger partial charge is 0.423 e. The second-order valence-corrected chi connectivity index (χ2v) is 6.24. The molecule has 6 heteroatoms. The Kier molecular flexibility index (Phi) is 4.01. The quantitative estimate of drug-likeness (QED) is 0.738. The topological polar surface area (TPSA) is 79.6 Å². The minimum atomic E-state index is -0.417. The Morgan fingerprint density at radius 3 is 2.65 bits per heavy atom. The number of hydrogen-bond acceptors (Lipinski definition) is 4. The van der Waals surface area contributed by atoms with E-state index in [9.17, 15) is 14.4 Å². The van der Waals surface area contributed by atoms with Gasteiger partial charge in [-0.15, -0.1) is 0 Å². The Hall–Kier alpha value is -3.41. The fourth-order valence-electron chi connectivity index (χ4n) is 3.13. The van der Waals surface area contributed by atoms with Gasteiger partial charge in [0.25, 0.3) is 0 Å². The molecule has 2 aromatic carbocycles. The van der Waals surface area contributed by atoms with Crippen LogP contribution < -0.4 is 15.8 Å². The smallest absolute Gasteiger partial charge is 0.336 e. The SMILES string of the molecule is O=C(Nc1ccc2oc(=O)ccc2c1)C1CC(=O)N(c2ccccc2)C1. The van der Waals surface area contributed by atoms with E-state index in [0.29, 0.717) is 17.8 Å². The van der Waals surface area contributed by atoms with E-state index in [1.54, 1.807) is 29.2 Å². The number of rotatable bonds is 3. The first-order valence-electron chi connectivity index (χ1n) is 8.30. The number of carbonyl (C=O) groups is 2. The number of fused-ring (bicyclic) bond motifs is 1. The summed E-state index contributed by atoms with van der Waals surface area (Å²) in [4.78, 5) is 37.7. The van der Waals surface area contributed by atoms with Crippen LogP contribution in [0.3, 0.4) is 0 Å². The van der Waals surface area contributed by atoms with Crippen molar-refractivity contribution in [2.45, 2.75) is 6.42 Å². The summed E-state index contributed by atoms with van der Waals surface area (Å²) in [6, 6.07) is 17.4. The van der Waals surface area contributed by atoms with Crippen molar-refractivity contribution in [2.75, 3.05) is 16.8 Å². The van der Waals surface area contributed by atoms with Crippen molar-refractivity contribution in [1.82, 2.24) is 0 Å². The number of nitrogens with zero attached hydrogens (tertiary/aromatic N) is 1. The molecule has 130 valence electrons. The van der Waals surface area contributed by atoms with Gasteiger partial charge < -0.3 is 14.6 Å². The van der Waals surface area contributed by atoms with Gasteiger partial charge in [-0.25, -0.2) is 4.79 Å². The zero-order chi connectivity index (χ0) is 18.1. The molecule has 0 aliphatic carbocycles. The molecule has 0 radical (unpaired) electrons. The average Bonchev–Trinajstić information content (AvgIpc) is 3.04. The highest BCUT2D eigenvalue weighted by molar-refractivity contribution is 6.03. The molecular formula is C20H16N2O4. The van der Waals surface area contributed by atoms with Gasteiger partial charge in [-0.05, 0) is 36.4 Å². The summed E-state index contributed by atoms with van der Waals surface area (Å²) in [6.07, 6.45) is 0.184. The minimum Gasteiger partial charge on any atom is -0.423 e. The molecule has 3 aromatic rings. The maximum Gasteiger partial charge on any atom is 0.336 e. The van der Waals surface area contributed by atoms with Crippen LogP contribution in [0.25, 0.3) is 11.0 Å². The van der Waals surface area contributed by atoms with E-state index >= 15 is 0 Å². The third kappa shape index (κ3) is 3.09. The summed E-state index contributed by atoms with van der Waals surface area (Å²) in [5, 5.41) is 3.56. The van der Waals surface area contributed by atoms with Crippen LogP contribution in [0.1, 0.15) is 6.42 Å². The van der Waals surface area contributed by atoms with Gasteiger partial charge in [0.05, 0.1) is 5.92 Å². The number of amides is 2. The van der Waals surface area contributed by atoms with Gasteiger partial charge in [-0.1, -0.05) is 18.2 Å². The van der Waals surface area contributed by atoms with E-state index in [-0.39, 0.29) is 18.2 Å². The van der Waals surface area contributed by atoms with Gasteiger partial charge in [0, 0.05) is 35.8 Å². The van der Waals surface area contributed by atoms with Crippen molar-refractivity contribution >= 4 is 34.2 Å². The fourth-order valence-corrected chi connectivity index (χ4v) is 3.13. The van der Waals surface area contributed by atoms with Crippen LogP contribution in [0.15, 0.2) is 69.9 Å². The van der Waals surface area contributed by atoms with Gasteiger partial charge in [0.15, 0.2) is 0 Å². The molecule has 0 saturated carbocycles. The van der Waals surface area contributed by atoms with Crippen molar-refractivity contribution in [3.63, 3.8) is 0 Å². The lowest BCUT2D eigenvalue weighted by Gasteiger charge is -2.16. The van der Waals surface area contributed by atoms with Crippen LogP contribution in [-0.2, 0) is 9.59 Å². The van der Waals surface area contributed by atoms with Crippen LogP contribution in [0.4, 0.5) is 11.4 Å². The summed E-state index contributed by atoms with van der Waals surface area (Å²) in [5.41, 5.74) is 1.44. The van der Waals surface area contributed by atoms with Gasteiger partial charge >= 0.3 is 5.63 Å². The first kappa shape index (κ1) is 16.1. The van der Waals surface area contributed by atoms with Crippen molar-refractivity contribution in [3.8, 4) is 0 Å². The first-order valence-corrected chi connectivity index (χ1v) is 8.30. The van der Waals surface area contributed by atoms with E-state index in [1.807, 2.05) is 30.3 Å². The first-order chi connectivity index (χ1) is 12.6. The van der Waals surface area contributed by atoms with E-state index in [2.05, 4.69) is 5.32 Å². The molecule has 1 aromatic heterocycles. The second-order valence-electron chi connectivity index (χ2n) is 6.24. The number of benzene rings is 2. The predicted octanol–water partition coefficient (Wildman–Crippen LogP) is 2.78. The molecular weight excluding hydrogens is 332 g/mol. The molecule has 6 nitrogen and oxygen atoms in total. The summed E-state index contributed by atoms with van der Waals surface area (Å²) >= 11 is 0. The lowest BCUT2D eigenvalue weighted by Crippen LogP contribution is -2.28. The fraction of sp³-hybridized carbons (Fsp3) is 0.150. The standard InChI is InChI=1S/C20H16N2O4/c23-18-11-14(12-22(18)16-4-2-1-3-5-16)20(25)21-15-7-8-17-13(10-15)6-9-19(24)26-17/h1-10,14H,11-12H2,(H,21,25). The highest BCUT2D eigenvalue weighted by Crippen LogP contribution is 2.26. The highest BCUT2D eigenvalue weighted by Gasteiger charge is 2.35. The van der Waals surface area contributed by atoms with Crippen LogP contribution in [0.2, 0.25) is 0 Å². The molecule has 1 unspecified atom stereocenters. The summed E-state index contributed by atoms with van der Waals surface area (Å²) in [6.45, 7) is 0.358. The van der Waals surface area contributed by atoms with Crippen LogP contribution in [0, 0.1) is 5.92 Å². The molecule has 1 aliphatic heterocycles. The van der Waals surface area contributed by atoms with Crippen LogP contribution >= 0.6 is 0 Å². The maximum atomic E-state index is 12.6. The molecule has 2 amide bonds. The third-order valence-corrected chi connectivity index (χ3v) is 4.45. The summed E-state index contributed by atoms with van der Waals surface area (Å²) in [7, 11) is 0. The molecule has 1 N–H and O–H groups in total. The number of nitrogens with one attached hydrogen (secondary N) is 1. The number of anilines is 2. The number of carbonyl (C=O) groups excluding carboxylic acids is 2. The monoisotopic (exact) mass is 348 g/mol. The lowest BCUT2D eigenvalue weighted by atomic mass is 10.1. The molecule has 4 rings (SSSR count). The predicted molar refractivity (Wildman–Crippen MR) is 98.0 cm³/mol. The van der Waals surface area contributed by atoms with Crippen LogP contribution in [-0.4, -0.2) is 18.4 Å². The van der Waals surface area contributed by atoms with Crippen molar-refractivity contribution in [2.24, 2.45) is 5.92 Å². The Balaban J connectivity index is 1.49. The normalized spacial score (nSPS) is 16.8. The lowest BCUT2D eigenvalue weighted by molar-refractivity contribution is -0.122. The van der Waals surface area contributed by atoms with Gasteiger partial charge in [-0.3, -0.25) is 9.59 Å². The molecule has 0 spiro atoms. The number of para-hydroxylation sites is 1. The zero-order valence-corrected chi connectivity index (χ0v) is 13.8. The Bertz CT molecular complexity index is 1040. The van der Waals surface area contributed by atoms with Crippen molar-refractivity contribution in [3.05, 3.63) is 71.1 Å². The maximum absolute atomic E-state index is 12.6. The molecule has 1 saturated heterocycles. The third-order valence-electron chi connectivity index (χ3n) is 4.45. The summed E-state index contributed by atoms with van der Waals surface area (Å²) < 4.78 is 5.08. The molecule has 1 atom stereocenters. The highest BCUT2D eigenvalue weighted by atomic mass is 16.4. The second kappa shape index (κ2) is 6.48. The van der Waals surface area contributed by atoms with E-state index < -0.39 is 11.5 Å². The number of hydrogen-bond donors (Lipinski definition) is 1. The van der Waals surface area contributed by atoms with E-state index in [4.69, 9.17) is 4.42 Å². The Morgan fingerprint density at radius 2 is 1.85 bits per heavy atom. The molecule has 1 fully saturated rings. The van der Waals surface area contributed by atoms with E-state index in [1.165, 1.54) is 6.07 Å². The van der Waals surface area contributed by atoms with Gasteiger partial charge in [0.1, 0.15) is 5.58 Å².